The van der Waals surface area contributed by atoms with Crippen molar-refractivity contribution in [3.05, 3.63) is 36.4 Å². The zero-order chi connectivity index (χ0) is 11.5. The molecule has 0 unspecified atom stereocenters. The van der Waals surface area contributed by atoms with Crippen molar-refractivity contribution in [1.29, 1.82) is 0 Å². The average Bonchev–Trinajstić information content (AvgIpc) is 2.29. The fraction of sp³-hybridized carbons (Fsp3) is 0.0833. The van der Waals surface area contributed by atoms with Gasteiger partial charge in [-0.1, -0.05) is 12.1 Å². The molecule has 2 aromatic rings. The molecule has 4 nitrogen and oxygen atoms in total. The second kappa shape index (κ2) is 4.10. The smallest absolute Gasteiger partial charge is 0.133 e. The lowest BCUT2D eigenvalue weighted by molar-refractivity contribution is 0.415. The number of pyridine rings is 1. The summed E-state index contributed by atoms with van der Waals surface area (Å²) in [6, 6.07) is 11.2. The second-order valence-corrected chi connectivity index (χ2v) is 3.40. The van der Waals surface area contributed by atoms with E-state index in [4.69, 9.17) is 16.2 Å². The van der Waals surface area contributed by atoms with Crippen molar-refractivity contribution in [2.75, 3.05) is 18.6 Å². The van der Waals surface area contributed by atoms with Crippen LogP contribution in [0.4, 0.5) is 11.6 Å². The van der Waals surface area contributed by atoms with Crippen LogP contribution in [0.15, 0.2) is 36.4 Å². The molecular formula is C12H13N3O. The van der Waals surface area contributed by atoms with Crippen molar-refractivity contribution < 1.29 is 4.74 Å². The third-order valence-electron chi connectivity index (χ3n) is 2.35. The van der Waals surface area contributed by atoms with E-state index in [-0.39, 0.29) is 0 Å². The normalized spacial score (nSPS) is 10.1. The zero-order valence-corrected chi connectivity index (χ0v) is 8.97. The number of benzene rings is 1. The number of nitrogens with two attached hydrogens (primary N) is 2. The molecule has 0 bridgehead atoms. The maximum atomic E-state index is 5.80. The lowest BCUT2D eigenvalue weighted by Gasteiger charge is -2.06. The Balaban J connectivity index is 2.42. The van der Waals surface area contributed by atoms with E-state index in [9.17, 15) is 0 Å². The molecule has 4 heteroatoms. The predicted octanol–water partition coefficient (Wildman–Crippen LogP) is 1.92. The number of ether oxygens (including phenoxy) is 1. The molecule has 0 aliphatic rings. The highest BCUT2D eigenvalue weighted by atomic mass is 16.5. The quantitative estimate of drug-likeness (QED) is 0.802. The first-order valence-corrected chi connectivity index (χ1v) is 4.87. The first-order valence-electron chi connectivity index (χ1n) is 4.87. The lowest BCUT2D eigenvalue weighted by atomic mass is 10.1. The zero-order valence-electron chi connectivity index (χ0n) is 8.97. The van der Waals surface area contributed by atoms with Crippen LogP contribution in [0, 0.1) is 0 Å². The summed E-state index contributed by atoms with van der Waals surface area (Å²) in [6.07, 6.45) is 0. The van der Waals surface area contributed by atoms with Gasteiger partial charge in [0.1, 0.15) is 17.4 Å². The van der Waals surface area contributed by atoms with Crippen molar-refractivity contribution in [3.8, 4) is 16.9 Å². The minimum atomic E-state index is 0.426. The molecule has 16 heavy (non-hydrogen) atoms. The van der Waals surface area contributed by atoms with Gasteiger partial charge in [0.2, 0.25) is 0 Å². The van der Waals surface area contributed by atoms with Crippen LogP contribution in [-0.2, 0) is 0 Å². The van der Waals surface area contributed by atoms with Gasteiger partial charge < -0.3 is 16.2 Å². The van der Waals surface area contributed by atoms with E-state index in [2.05, 4.69) is 4.98 Å². The highest BCUT2D eigenvalue weighted by molar-refractivity contribution is 5.75. The summed E-state index contributed by atoms with van der Waals surface area (Å²) in [5.74, 6) is 1.67. The van der Waals surface area contributed by atoms with Crippen LogP contribution in [0.25, 0.3) is 11.1 Å². The largest absolute Gasteiger partial charge is 0.497 e. The highest BCUT2D eigenvalue weighted by Gasteiger charge is 2.04. The van der Waals surface area contributed by atoms with E-state index in [1.165, 1.54) is 0 Å². The van der Waals surface area contributed by atoms with Gasteiger partial charge in [0.25, 0.3) is 0 Å². The monoisotopic (exact) mass is 215 g/mol. The Hall–Kier alpha value is -2.23. The van der Waals surface area contributed by atoms with Gasteiger partial charge in [0.05, 0.1) is 7.11 Å². The number of hydrogen-bond acceptors (Lipinski definition) is 4. The Morgan fingerprint density at radius 2 is 1.69 bits per heavy atom. The van der Waals surface area contributed by atoms with E-state index in [1.54, 1.807) is 13.2 Å². The summed E-state index contributed by atoms with van der Waals surface area (Å²) in [4.78, 5) is 4.02. The number of rotatable bonds is 2. The van der Waals surface area contributed by atoms with Crippen molar-refractivity contribution in [2.24, 2.45) is 0 Å². The van der Waals surface area contributed by atoms with Gasteiger partial charge in [0.15, 0.2) is 0 Å². The number of aromatic nitrogens is 1. The molecule has 0 saturated heterocycles. The van der Waals surface area contributed by atoms with Gasteiger partial charge in [-0.05, 0) is 29.8 Å². The number of nitrogens with zero attached hydrogens (tertiary/aromatic N) is 1. The molecule has 82 valence electrons. The van der Waals surface area contributed by atoms with Crippen molar-refractivity contribution in [1.82, 2.24) is 4.98 Å². The summed E-state index contributed by atoms with van der Waals surface area (Å²) < 4.78 is 5.09. The first-order chi connectivity index (χ1) is 7.70. The lowest BCUT2D eigenvalue weighted by Crippen LogP contribution is -1.98. The predicted molar refractivity (Wildman–Crippen MR) is 65.0 cm³/mol. The third kappa shape index (κ3) is 1.91. The molecule has 4 N–H and O–H groups in total. The van der Waals surface area contributed by atoms with Crippen LogP contribution in [0.3, 0.4) is 0 Å². The van der Waals surface area contributed by atoms with E-state index < -0.39 is 0 Å². The van der Waals surface area contributed by atoms with Crippen molar-refractivity contribution >= 4 is 11.6 Å². The summed E-state index contributed by atoms with van der Waals surface area (Å²) in [6.45, 7) is 0. The van der Waals surface area contributed by atoms with E-state index in [1.807, 2.05) is 30.3 Å². The molecule has 0 saturated carbocycles. The molecule has 0 spiro atoms. The molecule has 0 fully saturated rings. The molecule has 2 rings (SSSR count). The summed E-state index contributed by atoms with van der Waals surface area (Å²) in [5, 5.41) is 0. The molecule has 0 amide bonds. The Morgan fingerprint density at radius 3 is 2.25 bits per heavy atom. The highest BCUT2D eigenvalue weighted by Crippen LogP contribution is 2.26. The third-order valence-corrected chi connectivity index (χ3v) is 2.35. The second-order valence-electron chi connectivity index (χ2n) is 3.40. The van der Waals surface area contributed by atoms with Crippen LogP contribution in [-0.4, -0.2) is 12.1 Å². The molecule has 0 atom stereocenters. The fourth-order valence-electron chi connectivity index (χ4n) is 1.51. The molecular weight excluding hydrogens is 202 g/mol. The van der Waals surface area contributed by atoms with Gasteiger partial charge in [-0.3, -0.25) is 0 Å². The van der Waals surface area contributed by atoms with E-state index in [0.717, 1.165) is 16.9 Å². The summed E-state index contributed by atoms with van der Waals surface area (Å²) >= 11 is 0. The Kier molecular flexibility index (Phi) is 2.64. The number of anilines is 2. The Morgan fingerprint density at radius 1 is 1.00 bits per heavy atom. The standard InChI is InChI=1S/C12H13N3O/c1-16-9-4-2-8(3-5-9)10-6-7-11(13)15-12(10)14/h2-7H,1H3,(H4,13,14,15). The first kappa shape index (κ1) is 10.3. The number of hydrogen-bond donors (Lipinski definition) is 2. The minimum absolute atomic E-state index is 0.426. The van der Waals surface area contributed by atoms with Crippen molar-refractivity contribution in [3.63, 3.8) is 0 Å². The van der Waals surface area contributed by atoms with Crippen LogP contribution in [0.1, 0.15) is 0 Å². The van der Waals surface area contributed by atoms with Crippen molar-refractivity contribution in [2.45, 2.75) is 0 Å². The Labute approximate surface area is 93.9 Å². The molecule has 1 heterocycles. The molecule has 0 radical (unpaired) electrons. The molecule has 1 aromatic heterocycles. The van der Waals surface area contributed by atoms with E-state index >= 15 is 0 Å². The topological polar surface area (TPSA) is 74.2 Å². The SMILES string of the molecule is COc1ccc(-c2ccc(N)nc2N)cc1. The van der Waals surface area contributed by atoms with Gasteiger partial charge in [-0.15, -0.1) is 0 Å². The van der Waals surface area contributed by atoms with Crippen LogP contribution >= 0.6 is 0 Å². The number of methoxy groups -OCH3 is 1. The number of nitrogen functional groups attached to an aromatic ring is 2. The van der Waals surface area contributed by atoms with Crippen LogP contribution < -0.4 is 16.2 Å². The van der Waals surface area contributed by atoms with E-state index in [0.29, 0.717) is 11.6 Å². The fourth-order valence-corrected chi connectivity index (χ4v) is 1.51. The van der Waals surface area contributed by atoms with Crippen LogP contribution in [0.5, 0.6) is 5.75 Å². The summed E-state index contributed by atoms with van der Waals surface area (Å²) in [7, 11) is 1.63. The molecule has 0 aliphatic heterocycles. The van der Waals surface area contributed by atoms with Crippen LogP contribution in [0.2, 0.25) is 0 Å². The van der Waals surface area contributed by atoms with Gasteiger partial charge in [0, 0.05) is 5.56 Å². The molecule has 1 aromatic carbocycles. The summed E-state index contributed by atoms with van der Waals surface area (Å²) in [5.41, 5.74) is 13.2. The maximum absolute atomic E-state index is 5.80. The molecule has 0 aliphatic carbocycles. The average molecular weight is 215 g/mol. The van der Waals surface area contributed by atoms with Gasteiger partial charge >= 0.3 is 0 Å². The van der Waals surface area contributed by atoms with Gasteiger partial charge in [-0.2, -0.15) is 0 Å². The Bertz CT molecular complexity index is 494. The van der Waals surface area contributed by atoms with Gasteiger partial charge in [-0.25, -0.2) is 4.98 Å². The maximum Gasteiger partial charge on any atom is 0.133 e. The minimum Gasteiger partial charge on any atom is -0.497 e.